The highest BCUT2D eigenvalue weighted by Crippen LogP contribution is 2.26. The van der Waals surface area contributed by atoms with Crippen molar-refractivity contribution in [3.05, 3.63) is 23.8 Å². The number of rotatable bonds is 4. The fourth-order valence-electron chi connectivity index (χ4n) is 2.34. The fraction of sp³-hybridized carbons (Fsp3) is 0.462. The molecule has 0 atom stereocenters. The standard InChI is InChI=1S/C13H19N3O4S/c1-16(10-4-6-20-7-5-10)21(18,19)12-3-2-9(13(15)17)8-11(12)14/h2-3,8,10H,4-7,14H2,1H3,(H2,15,17). The summed E-state index contributed by atoms with van der Waals surface area (Å²) in [6.07, 6.45) is 1.30. The number of nitrogens with two attached hydrogens (primary N) is 2. The minimum atomic E-state index is -3.71. The zero-order valence-electron chi connectivity index (χ0n) is 11.8. The number of ether oxygens (including phenoxy) is 1. The molecule has 0 radical (unpaired) electrons. The Morgan fingerprint density at radius 2 is 1.95 bits per heavy atom. The van der Waals surface area contributed by atoms with Crippen molar-refractivity contribution in [2.75, 3.05) is 26.0 Å². The minimum absolute atomic E-state index is 0.0125. The average Bonchev–Trinajstić information content (AvgIpc) is 2.46. The highest BCUT2D eigenvalue weighted by molar-refractivity contribution is 7.89. The smallest absolute Gasteiger partial charge is 0.248 e. The molecule has 21 heavy (non-hydrogen) atoms. The molecule has 1 fully saturated rings. The van der Waals surface area contributed by atoms with E-state index in [1.54, 1.807) is 0 Å². The minimum Gasteiger partial charge on any atom is -0.398 e. The summed E-state index contributed by atoms with van der Waals surface area (Å²) in [6.45, 7) is 1.08. The zero-order valence-corrected chi connectivity index (χ0v) is 12.6. The third kappa shape index (κ3) is 3.17. The van der Waals surface area contributed by atoms with E-state index in [1.807, 2.05) is 0 Å². The van der Waals surface area contributed by atoms with Gasteiger partial charge >= 0.3 is 0 Å². The normalized spacial score (nSPS) is 17.0. The van der Waals surface area contributed by atoms with Gasteiger partial charge in [0.2, 0.25) is 15.9 Å². The summed E-state index contributed by atoms with van der Waals surface area (Å²) < 4.78 is 31.8. The highest BCUT2D eigenvalue weighted by Gasteiger charge is 2.30. The van der Waals surface area contributed by atoms with Gasteiger partial charge in [-0.3, -0.25) is 4.79 Å². The first-order valence-electron chi connectivity index (χ1n) is 6.59. The van der Waals surface area contributed by atoms with Gasteiger partial charge in [0, 0.05) is 31.9 Å². The van der Waals surface area contributed by atoms with Crippen molar-refractivity contribution in [1.82, 2.24) is 4.31 Å². The van der Waals surface area contributed by atoms with E-state index in [4.69, 9.17) is 16.2 Å². The Labute approximate surface area is 123 Å². The molecule has 8 heteroatoms. The molecule has 0 spiro atoms. The molecule has 1 aromatic carbocycles. The van der Waals surface area contributed by atoms with E-state index in [9.17, 15) is 13.2 Å². The molecule has 0 aromatic heterocycles. The van der Waals surface area contributed by atoms with Gasteiger partial charge in [0.1, 0.15) is 4.90 Å². The third-order valence-corrected chi connectivity index (χ3v) is 5.64. The number of hydrogen-bond donors (Lipinski definition) is 2. The molecule has 116 valence electrons. The van der Waals surface area contributed by atoms with Crippen molar-refractivity contribution in [1.29, 1.82) is 0 Å². The number of sulfonamides is 1. The van der Waals surface area contributed by atoms with Crippen LogP contribution in [0, 0.1) is 0 Å². The predicted molar refractivity (Wildman–Crippen MR) is 78.2 cm³/mol. The van der Waals surface area contributed by atoms with Crippen LogP contribution in [0.5, 0.6) is 0 Å². The summed E-state index contributed by atoms with van der Waals surface area (Å²) in [6, 6.07) is 3.86. The second kappa shape index (κ2) is 6.00. The molecule has 0 bridgehead atoms. The van der Waals surface area contributed by atoms with Gasteiger partial charge < -0.3 is 16.2 Å². The second-order valence-corrected chi connectivity index (χ2v) is 6.95. The number of nitrogens with zero attached hydrogens (tertiary/aromatic N) is 1. The summed E-state index contributed by atoms with van der Waals surface area (Å²) in [5.41, 5.74) is 11.1. The molecular formula is C13H19N3O4S. The largest absolute Gasteiger partial charge is 0.398 e. The van der Waals surface area contributed by atoms with Gasteiger partial charge in [-0.2, -0.15) is 4.31 Å². The van der Waals surface area contributed by atoms with Gasteiger partial charge in [-0.05, 0) is 31.0 Å². The Hall–Kier alpha value is -1.64. The van der Waals surface area contributed by atoms with Gasteiger partial charge in [0.15, 0.2) is 0 Å². The van der Waals surface area contributed by atoms with Crippen molar-refractivity contribution >= 4 is 21.6 Å². The van der Waals surface area contributed by atoms with Gasteiger partial charge in [0.25, 0.3) is 0 Å². The van der Waals surface area contributed by atoms with E-state index < -0.39 is 15.9 Å². The predicted octanol–water partition coefficient (Wildman–Crippen LogP) is 0.167. The molecular weight excluding hydrogens is 294 g/mol. The molecule has 0 aliphatic carbocycles. The number of carbonyl (C=O) groups excluding carboxylic acids is 1. The zero-order chi connectivity index (χ0) is 15.6. The SMILES string of the molecule is CN(C1CCOCC1)S(=O)(=O)c1ccc(C(N)=O)cc1N. The van der Waals surface area contributed by atoms with Crippen LogP contribution in [-0.4, -0.2) is 44.9 Å². The third-order valence-electron chi connectivity index (χ3n) is 3.66. The quantitative estimate of drug-likeness (QED) is 0.769. The lowest BCUT2D eigenvalue weighted by Crippen LogP contribution is -2.40. The fourth-order valence-corrected chi connectivity index (χ4v) is 3.85. The van der Waals surface area contributed by atoms with Crippen LogP contribution < -0.4 is 11.5 Å². The number of carbonyl (C=O) groups is 1. The Bertz CT molecular complexity index is 639. The Balaban J connectivity index is 2.32. The van der Waals surface area contributed by atoms with Gasteiger partial charge in [-0.25, -0.2) is 8.42 Å². The summed E-state index contributed by atoms with van der Waals surface area (Å²) in [5.74, 6) is -0.650. The van der Waals surface area contributed by atoms with Crippen molar-refractivity contribution in [2.45, 2.75) is 23.8 Å². The molecule has 7 nitrogen and oxygen atoms in total. The van der Waals surface area contributed by atoms with Gasteiger partial charge in [-0.1, -0.05) is 0 Å². The number of nitrogen functional groups attached to an aromatic ring is 1. The first-order chi connectivity index (χ1) is 9.84. The molecule has 1 aliphatic heterocycles. The lowest BCUT2D eigenvalue weighted by Gasteiger charge is -2.30. The molecule has 1 amide bonds. The molecule has 1 saturated heterocycles. The summed E-state index contributed by atoms with van der Waals surface area (Å²) >= 11 is 0. The van der Waals surface area contributed by atoms with Crippen LogP contribution in [0.3, 0.4) is 0 Å². The highest BCUT2D eigenvalue weighted by atomic mass is 32.2. The maximum absolute atomic E-state index is 12.6. The van der Waals surface area contributed by atoms with Crippen molar-refractivity contribution in [3.8, 4) is 0 Å². The van der Waals surface area contributed by atoms with Crippen LogP contribution in [0.1, 0.15) is 23.2 Å². The number of amides is 1. The Morgan fingerprint density at radius 3 is 2.48 bits per heavy atom. The number of hydrogen-bond acceptors (Lipinski definition) is 5. The van der Waals surface area contributed by atoms with Crippen LogP contribution in [0.2, 0.25) is 0 Å². The number of primary amides is 1. The first-order valence-corrected chi connectivity index (χ1v) is 8.03. The topological polar surface area (TPSA) is 116 Å². The summed E-state index contributed by atoms with van der Waals surface area (Å²) in [5, 5.41) is 0. The van der Waals surface area contributed by atoms with Gasteiger partial charge in [0.05, 0.1) is 5.69 Å². The lowest BCUT2D eigenvalue weighted by molar-refractivity contribution is 0.0632. The van der Waals surface area contributed by atoms with Crippen LogP contribution >= 0.6 is 0 Å². The van der Waals surface area contributed by atoms with E-state index in [0.717, 1.165) is 0 Å². The second-order valence-electron chi connectivity index (χ2n) is 4.98. The number of anilines is 1. The van der Waals surface area contributed by atoms with Crippen molar-refractivity contribution in [2.24, 2.45) is 5.73 Å². The molecule has 4 N–H and O–H groups in total. The van der Waals surface area contributed by atoms with Crippen LogP contribution in [0.15, 0.2) is 23.1 Å². The van der Waals surface area contributed by atoms with Gasteiger partial charge in [-0.15, -0.1) is 0 Å². The summed E-state index contributed by atoms with van der Waals surface area (Å²) in [4.78, 5) is 11.1. The average molecular weight is 313 g/mol. The Morgan fingerprint density at radius 1 is 1.33 bits per heavy atom. The molecule has 1 heterocycles. The maximum Gasteiger partial charge on any atom is 0.248 e. The number of benzene rings is 1. The van der Waals surface area contributed by atoms with Crippen molar-refractivity contribution < 1.29 is 17.9 Å². The van der Waals surface area contributed by atoms with Crippen LogP contribution in [0.4, 0.5) is 5.69 Å². The van der Waals surface area contributed by atoms with E-state index in [0.29, 0.717) is 26.1 Å². The monoisotopic (exact) mass is 313 g/mol. The summed E-state index contributed by atoms with van der Waals surface area (Å²) in [7, 11) is -2.18. The van der Waals surface area contributed by atoms with E-state index in [1.165, 1.54) is 29.6 Å². The van der Waals surface area contributed by atoms with E-state index in [-0.39, 0.29) is 22.2 Å². The van der Waals surface area contributed by atoms with Crippen molar-refractivity contribution in [3.63, 3.8) is 0 Å². The van der Waals surface area contributed by atoms with Crippen LogP contribution in [-0.2, 0) is 14.8 Å². The van der Waals surface area contributed by atoms with E-state index >= 15 is 0 Å². The molecule has 2 rings (SSSR count). The van der Waals surface area contributed by atoms with E-state index in [2.05, 4.69) is 0 Å². The molecule has 0 unspecified atom stereocenters. The molecule has 0 saturated carbocycles. The van der Waals surface area contributed by atoms with Crippen LogP contribution in [0.25, 0.3) is 0 Å². The first kappa shape index (κ1) is 15.7. The molecule has 1 aliphatic rings. The maximum atomic E-state index is 12.6. The Kier molecular flexibility index (Phi) is 4.50. The molecule has 1 aromatic rings. The lowest BCUT2D eigenvalue weighted by atomic mass is 10.1.